The van der Waals surface area contributed by atoms with E-state index in [0.717, 1.165) is 15.9 Å². The molecule has 0 saturated carbocycles. The van der Waals surface area contributed by atoms with Crippen molar-refractivity contribution in [2.45, 2.75) is 23.6 Å². The van der Waals surface area contributed by atoms with Crippen molar-refractivity contribution in [2.75, 3.05) is 11.1 Å². The molecule has 0 bridgehead atoms. The summed E-state index contributed by atoms with van der Waals surface area (Å²) in [7, 11) is 1.88. The van der Waals surface area contributed by atoms with Gasteiger partial charge in [0.15, 0.2) is 10.3 Å². The highest BCUT2D eigenvalue weighted by molar-refractivity contribution is 7.99. The van der Waals surface area contributed by atoms with Gasteiger partial charge in [0, 0.05) is 23.0 Å². The largest absolute Gasteiger partial charge is 0.398 e. The number of aromatic nitrogens is 4. The molecule has 0 saturated heterocycles. The average Bonchev–Trinajstić information content (AvgIpc) is 3.18. The third kappa shape index (κ3) is 3.81. The first-order valence-corrected chi connectivity index (χ1v) is 8.97. The standard InChI is InChI=1S/C15H16N6O2S2/c1-8-19-20-15(21(8)2)25-10-3-4-12(16)11(5-10)13(23)18-14-17-9(6-22)7-24-14/h3-5,7,22H,6,16H2,1-2H3,(H,17,18,23). The highest BCUT2D eigenvalue weighted by Crippen LogP contribution is 2.29. The number of thiazole rings is 1. The second-order valence-electron chi connectivity index (χ2n) is 5.20. The summed E-state index contributed by atoms with van der Waals surface area (Å²) in [5, 5.41) is 22.7. The van der Waals surface area contributed by atoms with Crippen LogP contribution in [0.3, 0.4) is 0 Å². The van der Waals surface area contributed by atoms with Gasteiger partial charge in [-0.1, -0.05) is 0 Å². The van der Waals surface area contributed by atoms with E-state index in [-0.39, 0.29) is 12.5 Å². The Bertz CT molecular complexity index is 921. The van der Waals surface area contributed by atoms with Gasteiger partial charge in [-0.05, 0) is 36.9 Å². The first-order chi connectivity index (χ1) is 12.0. The fraction of sp³-hybridized carbons (Fsp3) is 0.200. The summed E-state index contributed by atoms with van der Waals surface area (Å²) in [6.07, 6.45) is 0. The number of aliphatic hydroxyl groups excluding tert-OH is 1. The van der Waals surface area contributed by atoms with Crippen LogP contribution in [0.4, 0.5) is 10.8 Å². The number of carbonyl (C=O) groups is 1. The predicted octanol–water partition coefficient (Wildman–Crippen LogP) is 2.06. The van der Waals surface area contributed by atoms with Crippen molar-refractivity contribution in [3.05, 3.63) is 40.7 Å². The summed E-state index contributed by atoms with van der Waals surface area (Å²) < 4.78 is 1.87. The molecule has 3 rings (SSSR count). The average molecular weight is 376 g/mol. The summed E-state index contributed by atoms with van der Waals surface area (Å²) in [4.78, 5) is 17.4. The number of rotatable bonds is 5. The van der Waals surface area contributed by atoms with Crippen LogP contribution in [0.25, 0.3) is 0 Å². The number of hydrogen-bond donors (Lipinski definition) is 3. The molecule has 0 radical (unpaired) electrons. The fourth-order valence-electron chi connectivity index (χ4n) is 1.98. The minimum Gasteiger partial charge on any atom is -0.398 e. The van der Waals surface area contributed by atoms with Crippen molar-refractivity contribution < 1.29 is 9.90 Å². The smallest absolute Gasteiger partial charge is 0.259 e. The van der Waals surface area contributed by atoms with E-state index >= 15 is 0 Å². The minimum absolute atomic E-state index is 0.169. The molecule has 4 N–H and O–H groups in total. The van der Waals surface area contributed by atoms with Gasteiger partial charge < -0.3 is 15.4 Å². The van der Waals surface area contributed by atoms with Gasteiger partial charge in [0.1, 0.15) is 5.82 Å². The third-order valence-corrected chi connectivity index (χ3v) is 5.30. The molecule has 2 aromatic heterocycles. The zero-order valence-corrected chi connectivity index (χ0v) is 15.2. The van der Waals surface area contributed by atoms with Crippen LogP contribution in [0.2, 0.25) is 0 Å². The lowest BCUT2D eigenvalue weighted by atomic mass is 10.1. The number of aryl methyl sites for hydroxylation is 1. The predicted molar refractivity (Wildman–Crippen MR) is 96.7 cm³/mol. The number of nitrogens with one attached hydrogen (secondary N) is 1. The molecule has 25 heavy (non-hydrogen) atoms. The van der Waals surface area contributed by atoms with E-state index in [2.05, 4.69) is 20.5 Å². The van der Waals surface area contributed by atoms with Crippen molar-refractivity contribution >= 4 is 39.8 Å². The molecule has 0 atom stereocenters. The number of anilines is 2. The summed E-state index contributed by atoms with van der Waals surface area (Å²) in [5.74, 6) is 0.451. The van der Waals surface area contributed by atoms with Crippen molar-refractivity contribution in [2.24, 2.45) is 7.05 Å². The number of nitrogen functional groups attached to an aromatic ring is 1. The second-order valence-corrected chi connectivity index (χ2v) is 7.09. The van der Waals surface area contributed by atoms with Crippen LogP contribution < -0.4 is 11.1 Å². The topological polar surface area (TPSA) is 119 Å². The van der Waals surface area contributed by atoms with Crippen LogP contribution in [0.5, 0.6) is 0 Å². The zero-order chi connectivity index (χ0) is 18.0. The number of carbonyl (C=O) groups excluding carboxylic acids is 1. The van der Waals surface area contributed by atoms with Crippen LogP contribution in [-0.4, -0.2) is 30.8 Å². The highest BCUT2D eigenvalue weighted by Gasteiger charge is 2.15. The Labute approximate surface area is 152 Å². The number of nitrogens with zero attached hydrogens (tertiary/aromatic N) is 4. The Kier molecular flexibility index (Phi) is 5.02. The van der Waals surface area contributed by atoms with E-state index in [0.29, 0.717) is 22.1 Å². The number of aliphatic hydroxyl groups is 1. The third-order valence-electron chi connectivity index (χ3n) is 3.47. The van der Waals surface area contributed by atoms with Crippen LogP contribution in [0.15, 0.2) is 33.6 Å². The highest BCUT2D eigenvalue weighted by atomic mass is 32.2. The van der Waals surface area contributed by atoms with Crippen LogP contribution in [0, 0.1) is 6.92 Å². The molecule has 130 valence electrons. The maximum atomic E-state index is 12.5. The zero-order valence-electron chi connectivity index (χ0n) is 13.6. The Morgan fingerprint density at radius 2 is 2.24 bits per heavy atom. The van der Waals surface area contributed by atoms with Gasteiger partial charge in [-0.3, -0.25) is 10.1 Å². The SMILES string of the molecule is Cc1nnc(Sc2ccc(N)c(C(=O)Nc3nc(CO)cs3)c2)n1C. The van der Waals surface area contributed by atoms with Crippen molar-refractivity contribution in [3.63, 3.8) is 0 Å². The summed E-state index contributed by atoms with van der Waals surface area (Å²) in [6, 6.07) is 5.22. The molecule has 2 heterocycles. The van der Waals surface area contributed by atoms with E-state index in [9.17, 15) is 4.79 Å². The van der Waals surface area contributed by atoms with Gasteiger partial charge >= 0.3 is 0 Å². The van der Waals surface area contributed by atoms with E-state index in [1.807, 2.05) is 24.6 Å². The summed E-state index contributed by atoms with van der Waals surface area (Å²) in [6.45, 7) is 1.70. The molecule has 0 aliphatic carbocycles. The summed E-state index contributed by atoms with van der Waals surface area (Å²) in [5.41, 5.74) is 7.17. The molecule has 0 aliphatic rings. The number of hydrogen-bond acceptors (Lipinski definition) is 8. The molecule has 1 aromatic carbocycles. The molecular weight excluding hydrogens is 360 g/mol. The minimum atomic E-state index is -0.354. The van der Waals surface area contributed by atoms with E-state index in [4.69, 9.17) is 10.8 Å². The van der Waals surface area contributed by atoms with E-state index in [1.165, 1.54) is 23.1 Å². The lowest BCUT2D eigenvalue weighted by Crippen LogP contribution is -2.14. The molecule has 0 spiro atoms. The van der Waals surface area contributed by atoms with Crippen molar-refractivity contribution in [3.8, 4) is 0 Å². The van der Waals surface area contributed by atoms with Crippen LogP contribution in [-0.2, 0) is 13.7 Å². The first kappa shape index (κ1) is 17.4. The van der Waals surface area contributed by atoms with Crippen LogP contribution in [0.1, 0.15) is 21.9 Å². The van der Waals surface area contributed by atoms with E-state index < -0.39 is 0 Å². The first-order valence-electron chi connectivity index (χ1n) is 7.28. The second kappa shape index (κ2) is 7.21. The molecule has 0 fully saturated rings. The Hall–Kier alpha value is -2.43. The lowest BCUT2D eigenvalue weighted by molar-refractivity contribution is 0.102. The van der Waals surface area contributed by atoms with Gasteiger partial charge in [-0.2, -0.15) is 0 Å². The maximum absolute atomic E-state index is 12.5. The van der Waals surface area contributed by atoms with Gasteiger partial charge in [-0.25, -0.2) is 4.98 Å². The molecular formula is C15H16N6O2S2. The monoisotopic (exact) mass is 376 g/mol. The molecule has 0 aliphatic heterocycles. The van der Waals surface area contributed by atoms with Gasteiger partial charge in [0.25, 0.3) is 5.91 Å². The molecule has 1 amide bonds. The van der Waals surface area contributed by atoms with Crippen molar-refractivity contribution in [1.29, 1.82) is 0 Å². The number of amides is 1. The fourth-order valence-corrected chi connectivity index (χ4v) is 3.55. The quantitative estimate of drug-likeness (QED) is 0.583. The normalized spacial score (nSPS) is 10.8. The van der Waals surface area contributed by atoms with Gasteiger partial charge in [-0.15, -0.1) is 21.5 Å². The number of nitrogens with two attached hydrogens (primary N) is 1. The van der Waals surface area contributed by atoms with Crippen LogP contribution >= 0.6 is 23.1 Å². The van der Waals surface area contributed by atoms with Gasteiger partial charge in [0.05, 0.1) is 17.9 Å². The molecule has 3 aromatic rings. The molecule has 10 heteroatoms. The summed E-state index contributed by atoms with van der Waals surface area (Å²) >= 11 is 2.64. The molecule has 8 nitrogen and oxygen atoms in total. The Morgan fingerprint density at radius 3 is 2.88 bits per heavy atom. The van der Waals surface area contributed by atoms with Crippen molar-refractivity contribution in [1.82, 2.24) is 19.7 Å². The van der Waals surface area contributed by atoms with E-state index in [1.54, 1.807) is 17.5 Å². The molecule has 0 unspecified atom stereocenters. The number of benzene rings is 1. The Balaban J connectivity index is 1.81. The van der Waals surface area contributed by atoms with Gasteiger partial charge in [0.2, 0.25) is 0 Å². The maximum Gasteiger partial charge on any atom is 0.259 e. The lowest BCUT2D eigenvalue weighted by Gasteiger charge is -2.08. The Morgan fingerprint density at radius 1 is 1.44 bits per heavy atom.